The monoisotopic (exact) mass is 365 g/mol. The number of halogens is 1. The summed E-state index contributed by atoms with van der Waals surface area (Å²) in [4.78, 5) is 22.7. The SMILES string of the molecule is Cc1nc2c(C(=O)N3CCCC(CCc4ccccc4F)C3)cccc2[nH]1. The topological polar surface area (TPSA) is 49.0 Å². The Labute approximate surface area is 158 Å². The number of carbonyl (C=O) groups is 1. The number of hydrogen-bond donors (Lipinski definition) is 1. The number of aromatic nitrogens is 2. The van der Waals surface area contributed by atoms with Gasteiger partial charge in [0.15, 0.2) is 0 Å². The number of H-pyrrole nitrogens is 1. The summed E-state index contributed by atoms with van der Waals surface area (Å²) in [6.45, 7) is 3.40. The van der Waals surface area contributed by atoms with Gasteiger partial charge in [-0.05, 0) is 62.3 Å². The maximum absolute atomic E-state index is 13.8. The number of aromatic amines is 1. The summed E-state index contributed by atoms with van der Waals surface area (Å²) in [6.07, 6.45) is 3.69. The third-order valence-corrected chi connectivity index (χ3v) is 5.45. The first-order valence-corrected chi connectivity index (χ1v) is 9.60. The molecule has 0 bridgehead atoms. The standard InChI is InChI=1S/C22H24FN3O/c1-15-24-20-10-4-8-18(21(20)25-15)22(27)26-13-5-6-16(14-26)11-12-17-7-2-3-9-19(17)23/h2-4,7-10,16H,5-6,11-14H2,1H3,(H,24,25). The van der Waals surface area contributed by atoms with Crippen molar-refractivity contribution in [3.05, 3.63) is 65.2 Å². The Balaban J connectivity index is 1.46. The number of aryl methyl sites for hydroxylation is 2. The first kappa shape index (κ1) is 17.7. The van der Waals surface area contributed by atoms with Gasteiger partial charge in [-0.2, -0.15) is 0 Å². The number of benzene rings is 2. The van der Waals surface area contributed by atoms with Gasteiger partial charge in [-0.3, -0.25) is 4.79 Å². The molecule has 1 saturated heterocycles. The zero-order valence-electron chi connectivity index (χ0n) is 15.5. The number of hydrogen-bond acceptors (Lipinski definition) is 2. The number of rotatable bonds is 4. The van der Waals surface area contributed by atoms with Crippen LogP contribution in [-0.4, -0.2) is 33.9 Å². The molecule has 1 unspecified atom stereocenters. The molecule has 0 radical (unpaired) electrons. The molecule has 5 heteroatoms. The summed E-state index contributed by atoms with van der Waals surface area (Å²) in [5, 5.41) is 0. The average Bonchev–Trinajstić information content (AvgIpc) is 3.07. The minimum atomic E-state index is -0.137. The van der Waals surface area contributed by atoms with E-state index in [9.17, 15) is 9.18 Å². The predicted molar refractivity (Wildman–Crippen MR) is 104 cm³/mol. The maximum atomic E-state index is 13.8. The highest BCUT2D eigenvalue weighted by molar-refractivity contribution is 6.04. The van der Waals surface area contributed by atoms with Crippen LogP contribution in [0.1, 0.15) is 41.0 Å². The zero-order valence-corrected chi connectivity index (χ0v) is 15.5. The van der Waals surface area contributed by atoms with E-state index in [0.717, 1.165) is 54.8 Å². The Morgan fingerprint density at radius 1 is 1.26 bits per heavy atom. The van der Waals surface area contributed by atoms with E-state index in [2.05, 4.69) is 9.97 Å². The van der Waals surface area contributed by atoms with Crippen molar-refractivity contribution in [2.75, 3.05) is 13.1 Å². The Hall–Kier alpha value is -2.69. The van der Waals surface area contributed by atoms with E-state index in [4.69, 9.17) is 0 Å². The predicted octanol–water partition coefficient (Wildman–Crippen LogP) is 4.50. The van der Waals surface area contributed by atoms with Crippen LogP contribution in [0, 0.1) is 18.7 Å². The quantitative estimate of drug-likeness (QED) is 0.740. The van der Waals surface area contributed by atoms with Crippen molar-refractivity contribution in [3.63, 3.8) is 0 Å². The van der Waals surface area contributed by atoms with E-state index in [0.29, 0.717) is 17.9 Å². The smallest absolute Gasteiger partial charge is 0.256 e. The first-order valence-electron chi connectivity index (χ1n) is 9.60. The molecule has 1 aliphatic heterocycles. The van der Waals surface area contributed by atoms with Crippen molar-refractivity contribution in [2.45, 2.75) is 32.6 Å². The van der Waals surface area contributed by atoms with Crippen LogP contribution in [0.15, 0.2) is 42.5 Å². The van der Waals surface area contributed by atoms with Crippen LogP contribution in [-0.2, 0) is 6.42 Å². The van der Waals surface area contributed by atoms with E-state index in [1.165, 1.54) is 6.07 Å². The number of amides is 1. The van der Waals surface area contributed by atoms with E-state index in [-0.39, 0.29) is 11.7 Å². The van der Waals surface area contributed by atoms with Crippen molar-refractivity contribution in [3.8, 4) is 0 Å². The molecule has 4 rings (SSSR count). The number of likely N-dealkylation sites (tertiary alicyclic amines) is 1. The third kappa shape index (κ3) is 3.72. The van der Waals surface area contributed by atoms with Crippen LogP contribution in [0.5, 0.6) is 0 Å². The second-order valence-electron chi connectivity index (χ2n) is 7.41. The molecule has 1 fully saturated rings. The number of imidazole rings is 1. The van der Waals surface area contributed by atoms with Crippen molar-refractivity contribution < 1.29 is 9.18 Å². The molecule has 0 aliphatic carbocycles. The fourth-order valence-electron chi connectivity index (χ4n) is 4.04. The lowest BCUT2D eigenvalue weighted by atomic mass is 9.91. The fourth-order valence-corrected chi connectivity index (χ4v) is 4.04. The minimum absolute atomic E-state index is 0.0442. The van der Waals surface area contributed by atoms with Crippen molar-refractivity contribution in [1.82, 2.24) is 14.9 Å². The van der Waals surface area contributed by atoms with Crippen LogP contribution in [0.4, 0.5) is 4.39 Å². The molecule has 2 heterocycles. The lowest BCUT2D eigenvalue weighted by molar-refractivity contribution is 0.0670. The molecule has 2 aromatic carbocycles. The van der Waals surface area contributed by atoms with Crippen molar-refractivity contribution in [1.29, 1.82) is 0 Å². The third-order valence-electron chi connectivity index (χ3n) is 5.45. The highest BCUT2D eigenvalue weighted by Crippen LogP contribution is 2.25. The van der Waals surface area contributed by atoms with E-state index >= 15 is 0 Å². The molecule has 4 nitrogen and oxygen atoms in total. The Morgan fingerprint density at radius 3 is 2.96 bits per heavy atom. The molecule has 3 aromatic rings. The Kier molecular flexibility index (Phi) is 4.92. The lowest BCUT2D eigenvalue weighted by Gasteiger charge is -2.33. The largest absolute Gasteiger partial charge is 0.342 e. The number of para-hydroxylation sites is 1. The van der Waals surface area contributed by atoms with Gasteiger partial charge in [-0.25, -0.2) is 9.37 Å². The zero-order chi connectivity index (χ0) is 18.8. The summed E-state index contributed by atoms with van der Waals surface area (Å²) in [6, 6.07) is 12.7. The van der Waals surface area contributed by atoms with E-state index < -0.39 is 0 Å². The van der Waals surface area contributed by atoms with Crippen LogP contribution >= 0.6 is 0 Å². The van der Waals surface area contributed by atoms with Gasteiger partial charge in [-0.15, -0.1) is 0 Å². The number of carbonyl (C=O) groups excluding carboxylic acids is 1. The molecule has 27 heavy (non-hydrogen) atoms. The summed E-state index contributed by atoms with van der Waals surface area (Å²) in [7, 11) is 0. The summed E-state index contributed by atoms with van der Waals surface area (Å²) < 4.78 is 13.8. The van der Waals surface area contributed by atoms with Crippen LogP contribution in [0.2, 0.25) is 0 Å². The van der Waals surface area contributed by atoms with Gasteiger partial charge < -0.3 is 9.88 Å². The minimum Gasteiger partial charge on any atom is -0.342 e. The van der Waals surface area contributed by atoms with Crippen molar-refractivity contribution >= 4 is 16.9 Å². The average molecular weight is 365 g/mol. The molecular weight excluding hydrogens is 341 g/mol. The number of nitrogens with one attached hydrogen (secondary N) is 1. The molecule has 1 aliphatic rings. The van der Waals surface area contributed by atoms with Crippen LogP contribution in [0.25, 0.3) is 11.0 Å². The first-order chi connectivity index (χ1) is 13.1. The number of piperidine rings is 1. The molecule has 140 valence electrons. The molecule has 1 N–H and O–H groups in total. The van der Waals surface area contributed by atoms with E-state index in [1.54, 1.807) is 6.07 Å². The fraction of sp³-hybridized carbons (Fsp3) is 0.364. The Bertz CT molecular complexity index is 965. The summed E-state index contributed by atoms with van der Waals surface area (Å²) >= 11 is 0. The molecule has 0 spiro atoms. The van der Waals surface area contributed by atoms with Gasteiger partial charge in [0, 0.05) is 13.1 Å². The Morgan fingerprint density at radius 2 is 2.11 bits per heavy atom. The maximum Gasteiger partial charge on any atom is 0.256 e. The number of nitrogens with zero attached hydrogens (tertiary/aromatic N) is 2. The molecular formula is C22H24FN3O. The molecule has 1 amide bonds. The number of fused-ring (bicyclic) bond motifs is 1. The van der Waals surface area contributed by atoms with Gasteiger partial charge in [0.2, 0.25) is 0 Å². The van der Waals surface area contributed by atoms with Gasteiger partial charge >= 0.3 is 0 Å². The summed E-state index contributed by atoms with van der Waals surface area (Å²) in [5.74, 6) is 1.12. The highest BCUT2D eigenvalue weighted by atomic mass is 19.1. The van der Waals surface area contributed by atoms with Crippen LogP contribution in [0.3, 0.4) is 0 Å². The molecule has 1 atom stereocenters. The molecule has 0 saturated carbocycles. The lowest BCUT2D eigenvalue weighted by Crippen LogP contribution is -2.40. The van der Waals surface area contributed by atoms with Crippen molar-refractivity contribution in [2.24, 2.45) is 5.92 Å². The highest BCUT2D eigenvalue weighted by Gasteiger charge is 2.26. The van der Waals surface area contributed by atoms with Crippen LogP contribution < -0.4 is 0 Å². The van der Waals surface area contributed by atoms with Gasteiger partial charge in [-0.1, -0.05) is 24.3 Å². The normalized spacial score (nSPS) is 17.4. The second-order valence-corrected chi connectivity index (χ2v) is 7.41. The second kappa shape index (κ2) is 7.51. The van der Waals surface area contributed by atoms with Gasteiger partial charge in [0.05, 0.1) is 11.1 Å². The van der Waals surface area contributed by atoms with E-state index in [1.807, 2.05) is 42.2 Å². The molecule has 1 aromatic heterocycles. The van der Waals surface area contributed by atoms with Gasteiger partial charge in [0.25, 0.3) is 5.91 Å². The van der Waals surface area contributed by atoms with Gasteiger partial charge in [0.1, 0.15) is 17.2 Å². The summed E-state index contributed by atoms with van der Waals surface area (Å²) in [5.41, 5.74) is 3.06.